The molecular weight excluding hydrogens is 372 g/mol. The lowest BCUT2D eigenvalue weighted by Crippen LogP contribution is -2.19. The van der Waals surface area contributed by atoms with Gasteiger partial charge in [-0.15, -0.1) is 0 Å². The molecule has 5 heteroatoms. The highest BCUT2D eigenvalue weighted by atomic mass is 16.5. The first-order chi connectivity index (χ1) is 14.6. The van der Waals surface area contributed by atoms with Crippen molar-refractivity contribution < 1.29 is 4.74 Å². The van der Waals surface area contributed by atoms with Crippen molar-refractivity contribution in [1.29, 1.82) is 0 Å². The van der Waals surface area contributed by atoms with Gasteiger partial charge in [-0.05, 0) is 57.2 Å². The van der Waals surface area contributed by atoms with E-state index < -0.39 is 0 Å². The molecule has 0 aliphatic carbocycles. The zero-order valence-electron chi connectivity index (χ0n) is 19.1. The van der Waals surface area contributed by atoms with Gasteiger partial charge >= 0.3 is 0 Å². The third-order valence-electron chi connectivity index (χ3n) is 4.84. The van der Waals surface area contributed by atoms with E-state index in [2.05, 4.69) is 55.4 Å². The third-order valence-corrected chi connectivity index (χ3v) is 4.84. The number of fused-ring (bicyclic) bond motifs is 1. The Morgan fingerprint density at radius 3 is 2.47 bits per heavy atom. The van der Waals surface area contributed by atoms with Gasteiger partial charge in [0.05, 0.1) is 24.9 Å². The van der Waals surface area contributed by atoms with Gasteiger partial charge < -0.3 is 10.1 Å². The maximum Gasteiger partial charge on any atom is 0.143 e. The van der Waals surface area contributed by atoms with E-state index in [1.54, 1.807) is 7.11 Å². The van der Waals surface area contributed by atoms with E-state index >= 15 is 0 Å². The Morgan fingerprint density at radius 1 is 1.00 bits per heavy atom. The summed E-state index contributed by atoms with van der Waals surface area (Å²) in [6, 6.07) is 16.4. The number of rotatable bonds is 9. The van der Waals surface area contributed by atoms with Crippen LogP contribution in [-0.2, 0) is 19.5 Å². The SMILES string of the molecule is CCCCNC.CCc1nc(CN(C)Cc2cccc(OC)c2)nc2ccccc12. The highest BCUT2D eigenvalue weighted by Gasteiger charge is 2.09. The molecular formula is C25H36N4O. The van der Waals surface area contributed by atoms with E-state index in [1.165, 1.54) is 18.4 Å². The Morgan fingerprint density at radius 2 is 1.80 bits per heavy atom. The monoisotopic (exact) mass is 408 g/mol. The van der Waals surface area contributed by atoms with Gasteiger partial charge in [0, 0.05) is 11.9 Å². The van der Waals surface area contributed by atoms with Gasteiger partial charge in [0.2, 0.25) is 0 Å². The zero-order valence-corrected chi connectivity index (χ0v) is 19.1. The molecule has 0 unspecified atom stereocenters. The van der Waals surface area contributed by atoms with Gasteiger partial charge in [-0.1, -0.05) is 50.6 Å². The van der Waals surface area contributed by atoms with Crippen LogP contribution in [0, 0.1) is 0 Å². The Kier molecular flexibility index (Phi) is 10.3. The summed E-state index contributed by atoms with van der Waals surface area (Å²) in [6.45, 7) is 7.04. The van der Waals surface area contributed by atoms with Gasteiger partial charge in [-0.2, -0.15) is 0 Å². The van der Waals surface area contributed by atoms with Crippen molar-refractivity contribution in [3.63, 3.8) is 0 Å². The summed E-state index contributed by atoms with van der Waals surface area (Å²) in [5.74, 6) is 1.76. The number of aromatic nitrogens is 2. The Bertz CT molecular complexity index is 893. The highest BCUT2D eigenvalue weighted by molar-refractivity contribution is 5.80. The van der Waals surface area contributed by atoms with E-state index in [-0.39, 0.29) is 0 Å². The molecule has 3 aromatic rings. The van der Waals surface area contributed by atoms with Crippen LogP contribution in [-0.4, -0.2) is 42.6 Å². The summed E-state index contributed by atoms with van der Waals surface area (Å²) in [6.07, 6.45) is 3.51. The van der Waals surface area contributed by atoms with Crippen LogP contribution in [0.4, 0.5) is 0 Å². The van der Waals surface area contributed by atoms with Crippen LogP contribution in [0.2, 0.25) is 0 Å². The molecule has 1 heterocycles. The maximum absolute atomic E-state index is 5.29. The molecule has 30 heavy (non-hydrogen) atoms. The molecule has 0 spiro atoms. The van der Waals surface area contributed by atoms with Crippen molar-refractivity contribution in [1.82, 2.24) is 20.2 Å². The molecule has 0 saturated heterocycles. The number of nitrogens with zero attached hydrogens (tertiary/aromatic N) is 3. The second-order valence-corrected chi connectivity index (χ2v) is 7.44. The zero-order chi connectivity index (χ0) is 21.8. The average molecular weight is 409 g/mol. The summed E-state index contributed by atoms with van der Waals surface area (Å²) < 4.78 is 5.29. The minimum Gasteiger partial charge on any atom is -0.497 e. The molecule has 0 bridgehead atoms. The number of ether oxygens (including phenoxy) is 1. The van der Waals surface area contributed by atoms with Gasteiger partial charge in [-0.25, -0.2) is 9.97 Å². The first-order valence-corrected chi connectivity index (χ1v) is 10.8. The van der Waals surface area contributed by atoms with Gasteiger partial charge in [0.25, 0.3) is 0 Å². The first-order valence-electron chi connectivity index (χ1n) is 10.8. The number of unbranched alkanes of at least 4 members (excludes halogenated alkanes) is 1. The maximum atomic E-state index is 5.29. The Balaban J connectivity index is 0.000000469. The van der Waals surface area contributed by atoms with Crippen molar-refractivity contribution in [2.45, 2.75) is 46.2 Å². The van der Waals surface area contributed by atoms with Crippen molar-refractivity contribution in [3.05, 3.63) is 65.6 Å². The summed E-state index contributed by atoms with van der Waals surface area (Å²) in [5, 5.41) is 4.22. The van der Waals surface area contributed by atoms with Crippen LogP contribution in [0.1, 0.15) is 43.8 Å². The molecule has 0 atom stereocenters. The lowest BCUT2D eigenvalue weighted by atomic mass is 10.1. The summed E-state index contributed by atoms with van der Waals surface area (Å²) in [5.41, 5.74) is 3.35. The van der Waals surface area contributed by atoms with Gasteiger partial charge in [-0.3, -0.25) is 4.90 Å². The predicted molar refractivity (Wildman–Crippen MR) is 126 cm³/mol. The summed E-state index contributed by atoms with van der Waals surface area (Å²) in [4.78, 5) is 11.7. The van der Waals surface area contributed by atoms with E-state index in [1.807, 2.05) is 31.3 Å². The van der Waals surface area contributed by atoms with Crippen LogP contribution >= 0.6 is 0 Å². The standard InChI is InChI=1S/C20H23N3O.C5H13N/c1-4-18-17-10-5-6-11-19(17)22-20(21-18)14-23(2)13-15-8-7-9-16(12-15)24-3;1-3-4-5-6-2/h5-12H,4,13-14H2,1-3H3;6H,3-5H2,1-2H3. The average Bonchev–Trinajstić information content (AvgIpc) is 2.77. The number of hydrogen-bond donors (Lipinski definition) is 1. The molecule has 0 fully saturated rings. The van der Waals surface area contributed by atoms with Crippen LogP contribution in [0.25, 0.3) is 10.9 Å². The van der Waals surface area contributed by atoms with Gasteiger partial charge in [0.15, 0.2) is 0 Å². The lowest BCUT2D eigenvalue weighted by molar-refractivity contribution is 0.310. The molecule has 0 saturated carbocycles. The molecule has 1 aromatic heterocycles. The van der Waals surface area contributed by atoms with Crippen LogP contribution in [0.5, 0.6) is 5.75 Å². The molecule has 1 N–H and O–H groups in total. The van der Waals surface area contributed by atoms with Crippen molar-refractivity contribution in [2.24, 2.45) is 0 Å². The number of nitrogens with one attached hydrogen (secondary N) is 1. The number of hydrogen-bond acceptors (Lipinski definition) is 5. The van der Waals surface area contributed by atoms with E-state index in [4.69, 9.17) is 14.7 Å². The lowest BCUT2D eigenvalue weighted by Gasteiger charge is -2.17. The van der Waals surface area contributed by atoms with E-state index in [0.29, 0.717) is 0 Å². The smallest absolute Gasteiger partial charge is 0.143 e. The number of aryl methyl sites for hydroxylation is 1. The molecule has 0 aliphatic heterocycles. The molecule has 162 valence electrons. The number of benzene rings is 2. The van der Waals surface area contributed by atoms with Crippen LogP contribution < -0.4 is 10.1 Å². The van der Waals surface area contributed by atoms with E-state index in [0.717, 1.165) is 54.2 Å². The molecule has 0 aliphatic rings. The van der Waals surface area contributed by atoms with Crippen LogP contribution in [0.3, 0.4) is 0 Å². The highest BCUT2D eigenvalue weighted by Crippen LogP contribution is 2.18. The Hall–Kier alpha value is -2.50. The summed E-state index contributed by atoms with van der Waals surface area (Å²) in [7, 11) is 5.76. The predicted octanol–water partition coefficient (Wildman–Crippen LogP) is 4.84. The minimum absolute atomic E-state index is 0.717. The molecule has 5 nitrogen and oxygen atoms in total. The third kappa shape index (κ3) is 7.39. The molecule has 3 rings (SSSR count). The minimum atomic E-state index is 0.717. The van der Waals surface area contributed by atoms with Crippen LogP contribution in [0.15, 0.2) is 48.5 Å². The first kappa shape index (κ1) is 23.8. The van der Waals surface area contributed by atoms with E-state index in [9.17, 15) is 0 Å². The number of methoxy groups -OCH3 is 1. The number of para-hydroxylation sites is 1. The second-order valence-electron chi connectivity index (χ2n) is 7.44. The fraction of sp³-hybridized carbons (Fsp3) is 0.440. The van der Waals surface area contributed by atoms with Crippen molar-refractivity contribution in [2.75, 3.05) is 27.7 Å². The fourth-order valence-electron chi connectivity index (χ4n) is 3.27. The molecule has 0 radical (unpaired) electrons. The Labute approximate surface area is 181 Å². The summed E-state index contributed by atoms with van der Waals surface area (Å²) >= 11 is 0. The second kappa shape index (κ2) is 12.9. The molecule has 0 amide bonds. The normalized spacial score (nSPS) is 10.7. The quantitative estimate of drug-likeness (QED) is 0.514. The van der Waals surface area contributed by atoms with Crippen molar-refractivity contribution >= 4 is 10.9 Å². The van der Waals surface area contributed by atoms with Gasteiger partial charge in [0.1, 0.15) is 11.6 Å². The topological polar surface area (TPSA) is 50.3 Å². The largest absolute Gasteiger partial charge is 0.497 e. The molecule has 2 aromatic carbocycles. The van der Waals surface area contributed by atoms with Crippen molar-refractivity contribution in [3.8, 4) is 5.75 Å². The fourth-order valence-corrected chi connectivity index (χ4v) is 3.27.